The number of anilines is 1. The summed E-state index contributed by atoms with van der Waals surface area (Å²) in [7, 11) is 0. The summed E-state index contributed by atoms with van der Waals surface area (Å²) in [6, 6.07) is 7.48. The summed E-state index contributed by atoms with van der Waals surface area (Å²) in [5.74, 6) is -0.163. The second-order valence-electron chi connectivity index (χ2n) is 5.25. The van der Waals surface area contributed by atoms with Crippen molar-refractivity contribution in [2.45, 2.75) is 34.1 Å². The number of pyridine rings is 1. The number of nitrogens with zero attached hydrogens (tertiary/aromatic N) is 1. The molecule has 3 nitrogen and oxygen atoms in total. The van der Waals surface area contributed by atoms with Crippen molar-refractivity contribution in [3.63, 3.8) is 0 Å². The van der Waals surface area contributed by atoms with Gasteiger partial charge in [-0.05, 0) is 50.5 Å². The highest BCUT2D eigenvalue weighted by Crippen LogP contribution is 2.23. The van der Waals surface area contributed by atoms with Crippen molar-refractivity contribution in [2.24, 2.45) is 0 Å². The van der Waals surface area contributed by atoms with Crippen molar-refractivity contribution in [1.29, 1.82) is 0 Å². The van der Waals surface area contributed by atoms with Crippen molar-refractivity contribution < 1.29 is 4.79 Å². The van der Waals surface area contributed by atoms with Crippen LogP contribution in [0.4, 0.5) is 5.69 Å². The fraction of sp³-hybridized carbons (Fsp3) is 0.294. The third-order valence-electron chi connectivity index (χ3n) is 3.39. The first kappa shape index (κ1) is 15.5. The lowest BCUT2D eigenvalue weighted by Gasteiger charge is -2.13. The summed E-state index contributed by atoms with van der Waals surface area (Å²) in [6.07, 6.45) is 0.740. The molecule has 2 aromatic rings. The van der Waals surface area contributed by atoms with Crippen LogP contribution < -0.4 is 5.32 Å². The number of benzene rings is 1. The van der Waals surface area contributed by atoms with Gasteiger partial charge in [0.05, 0.1) is 0 Å². The van der Waals surface area contributed by atoms with E-state index in [0.29, 0.717) is 10.7 Å². The zero-order chi connectivity index (χ0) is 15.6. The molecule has 0 aliphatic carbocycles. The molecule has 1 aromatic heterocycles. The SMILES string of the molecule is CCc1cc(C(=O)Nc2c(C)cc(C)cc2C)cc(Cl)n1. The van der Waals surface area contributed by atoms with Crippen molar-refractivity contribution in [3.8, 4) is 0 Å². The molecule has 110 valence electrons. The van der Waals surface area contributed by atoms with Gasteiger partial charge in [0, 0.05) is 16.9 Å². The number of carbonyl (C=O) groups excluding carboxylic acids is 1. The fourth-order valence-corrected chi connectivity index (χ4v) is 2.65. The monoisotopic (exact) mass is 302 g/mol. The zero-order valence-electron chi connectivity index (χ0n) is 12.7. The number of nitrogens with one attached hydrogen (secondary N) is 1. The van der Waals surface area contributed by atoms with E-state index in [4.69, 9.17) is 11.6 Å². The third-order valence-corrected chi connectivity index (χ3v) is 3.58. The quantitative estimate of drug-likeness (QED) is 0.850. The lowest BCUT2D eigenvalue weighted by Crippen LogP contribution is -2.14. The molecule has 1 aromatic carbocycles. The highest BCUT2D eigenvalue weighted by Gasteiger charge is 2.12. The van der Waals surface area contributed by atoms with Gasteiger partial charge in [0.1, 0.15) is 5.15 Å². The summed E-state index contributed by atoms with van der Waals surface area (Å²) in [5.41, 5.74) is 5.49. The molecule has 1 amide bonds. The van der Waals surface area contributed by atoms with Gasteiger partial charge in [-0.1, -0.05) is 36.2 Å². The van der Waals surface area contributed by atoms with E-state index in [1.165, 1.54) is 5.56 Å². The van der Waals surface area contributed by atoms with E-state index in [0.717, 1.165) is 28.9 Å². The highest BCUT2D eigenvalue weighted by atomic mass is 35.5. The number of aryl methyl sites for hydroxylation is 4. The van der Waals surface area contributed by atoms with Crippen molar-refractivity contribution in [1.82, 2.24) is 4.98 Å². The van der Waals surface area contributed by atoms with Crippen molar-refractivity contribution >= 4 is 23.2 Å². The van der Waals surface area contributed by atoms with E-state index in [2.05, 4.69) is 22.4 Å². The van der Waals surface area contributed by atoms with Gasteiger partial charge in [0.25, 0.3) is 5.91 Å². The number of halogens is 1. The Hall–Kier alpha value is -1.87. The summed E-state index contributed by atoms with van der Waals surface area (Å²) < 4.78 is 0. The molecule has 4 heteroatoms. The molecule has 1 heterocycles. The van der Waals surface area contributed by atoms with Crippen molar-refractivity contribution in [2.75, 3.05) is 5.32 Å². The van der Waals surface area contributed by atoms with E-state index in [1.54, 1.807) is 12.1 Å². The molecule has 2 rings (SSSR count). The maximum atomic E-state index is 12.4. The molecule has 0 atom stereocenters. The molecule has 0 saturated heterocycles. The predicted molar refractivity (Wildman–Crippen MR) is 87.2 cm³/mol. The molecule has 0 bridgehead atoms. The Morgan fingerprint density at radius 2 is 1.76 bits per heavy atom. The van der Waals surface area contributed by atoms with E-state index in [-0.39, 0.29) is 5.91 Å². The average Bonchev–Trinajstić information content (AvgIpc) is 2.41. The van der Waals surface area contributed by atoms with Gasteiger partial charge in [-0.2, -0.15) is 0 Å². The van der Waals surface area contributed by atoms with Gasteiger partial charge in [-0.15, -0.1) is 0 Å². The van der Waals surface area contributed by atoms with Gasteiger partial charge in [0.2, 0.25) is 0 Å². The first-order chi connectivity index (χ1) is 9.90. The van der Waals surface area contributed by atoms with E-state index in [9.17, 15) is 4.79 Å². The normalized spacial score (nSPS) is 10.5. The Morgan fingerprint density at radius 3 is 2.33 bits per heavy atom. The summed E-state index contributed by atoms with van der Waals surface area (Å²) in [6.45, 7) is 8.01. The molecular formula is C17H19ClN2O. The van der Waals surface area contributed by atoms with Crippen LogP contribution in [0.5, 0.6) is 0 Å². The van der Waals surface area contributed by atoms with Crippen LogP contribution in [0.1, 0.15) is 39.7 Å². The Morgan fingerprint density at radius 1 is 1.14 bits per heavy atom. The molecule has 0 aliphatic rings. The number of hydrogen-bond acceptors (Lipinski definition) is 2. The van der Waals surface area contributed by atoms with Gasteiger partial charge in [-0.25, -0.2) is 4.98 Å². The average molecular weight is 303 g/mol. The maximum absolute atomic E-state index is 12.4. The Balaban J connectivity index is 2.32. The molecule has 0 aliphatic heterocycles. The molecular weight excluding hydrogens is 284 g/mol. The second kappa shape index (κ2) is 6.27. The van der Waals surface area contributed by atoms with E-state index < -0.39 is 0 Å². The molecule has 0 spiro atoms. The van der Waals surface area contributed by atoms with Gasteiger partial charge in [-0.3, -0.25) is 4.79 Å². The van der Waals surface area contributed by atoms with E-state index >= 15 is 0 Å². The predicted octanol–water partition coefficient (Wildman–Crippen LogP) is 4.47. The van der Waals surface area contributed by atoms with Gasteiger partial charge < -0.3 is 5.32 Å². The number of hydrogen-bond donors (Lipinski definition) is 1. The summed E-state index contributed by atoms with van der Waals surface area (Å²) in [5, 5.41) is 3.32. The number of amides is 1. The lowest BCUT2D eigenvalue weighted by atomic mass is 10.0. The number of rotatable bonds is 3. The minimum Gasteiger partial charge on any atom is -0.322 e. The van der Waals surface area contributed by atoms with Crippen LogP contribution in [0, 0.1) is 20.8 Å². The number of aromatic nitrogens is 1. The minimum absolute atomic E-state index is 0.163. The van der Waals surface area contributed by atoms with Crippen LogP contribution in [0.2, 0.25) is 5.15 Å². The van der Waals surface area contributed by atoms with Crippen LogP contribution in [0.15, 0.2) is 24.3 Å². The molecule has 1 N–H and O–H groups in total. The molecule has 0 radical (unpaired) electrons. The topological polar surface area (TPSA) is 42.0 Å². The van der Waals surface area contributed by atoms with Crippen LogP contribution in [0.3, 0.4) is 0 Å². The smallest absolute Gasteiger partial charge is 0.255 e. The summed E-state index contributed by atoms with van der Waals surface area (Å²) >= 11 is 5.97. The van der Waals surface area contributed by atoms with Crippen LogP contribution in [0.25, 0.3) is 0 Å². The summed E-state index contributed by atoms with van der Waals surface area (Å²) in [4.78, 5) is 16.6. The minimum atomic E-state index is -0.163. The first-order valence-corrected chi connectivity index (χ1v) is 7.34. The molecule has 0 saturated carbocycles. The Labute approximate surface area is 130 Å². The second-order valence-corrected chi connectivity index (χ2v) is 5.64. The lowest BCUT2D eigenvalue weighted by molar-refractivity contribution is 0.102. The highest BCUT2D eigenvalue weighted by molar-refractivity contribution is 6.29. The van der Waals surface area contributed by atoms with Crippen LogP contribution in [-0.2, 0) is 6.42 Å². The Bertz CT molecular complexity index is 672. The van der Waals surface area contributed by atoms with Gasteiger partial charge >= 0.3 is 0 Å². The zero-order valence-corrected chi connectivity index (χ0v) is 13.5. The first-order valence-electron chi connectivity index (χ1n) is 6.96. The van der Waals surface area contributed by atoms with Crippen LogP contribution >= 0.6 is 11.6 Å². The Kier molecular flexibility index (Phi) is 4.63. The number of carbonyl (C=O) groups is 1. The van der Waals surface area contributed by atoms with Crippen molar-refractivity contribution in [3.05, 3.63) is 57.4 Å². The third kappa shape index (κ3) is 3.61. The molecule has 0 unspecified atom stereocenters. The standard InChI is InChI=1S/C17H19ClN2O/c1-5-14-8-13(9-15(18)19-14)17(21)20-16-11(3)6-10(2)7-12(16)4/h6-9H,5H2,1-4H3,(H,20,21). The maximum Gasteiger partial charge on any atom is 0.255 e. The largest absolute Gasteiger partial charge is 0.322 e. The molecule has 0 fully saturated rings. The van der Waals surface area contributed by atoms with E-state index in [1.807, 2.05) is 27.7 Å². The van der Waals surface area contributed by atoms with Gasteiger partial charge in [0.15, 0.2) is 0 Å². The fourth-order valence-electron chi connectivity index (χ4n) is 2.43. The molecule has 21 heavy (non-hydrogen) atoms. The van der Waals surface area contributed by atoms with Crippen LogP contribution in [-0.4, -0.2) is 10.9 Å².